The Hall–Kier alpha value is -0.0400. The summed E-state index contributed by atoms with van der Waals surface area (Å²) in [6.45, 7) is 3.57. The average Bonchev–Trinajstić information content (AvgIpc) is 1.79. The Bertz CT molecular complexity index is 86.7. The lowest BCUT2D eigenvalue weighted by molar-refractivity contribution is 0.158. The Morgan fingerprint density at radius 1 is 1.40 bits per heavy atom. The van der Waals surface area contributed by atoms with Gasteiger partial charge >= 0.3 is 0 Å². The standard InChI is InChI=1S/C9H19N/c1-3-4-8-10(2)9-6-5-7-9/h9H,3-8H2,1-2H3. The van der Waals surface area contributed by atoms with Crippen molar-refractivity contribution in [2.24, 2.45) is 0 Å². The first-order valence-corrected chi connectivity index (χ1v) is 4.55. The van der Waals surface area contributed by atoms with Crippen LogP contribution in [0.15, 0.2) is 0 Å². The number of hydrogen-bond donors (Lipinski definition) is 0. The molecular weight excluding hydrogens is 122 g/mol. The second-order valence-corrected chi connectivity index (χ2v) is 3.42. The molecule has 0 heterocycles. The van der Waals surface area contributed by atoms with Crippen LogP contribution in [-0.4, -0.2) is 24.5 Å². The third-order valence-corrected chi connectivity index (χ3v) is 2.56. The van der Waals surface area contributed by atoms with Crippen molar-refractivity contribution < 1.29 is 0 Å². The van der Waals surface area contributed by atoms with E-state index in [-0.39, 0.29) is 0 Å². The minimum Gasteiger partial charge on any atom is -0.303 e. The molecule has 10 heavy (non-hydrogen) atoms. The number of rotatable bonds is 4. The van der Waals surface area contributed by atoms with Gasteiger partial charge in [0.25, 0.3) is 0 Å². The fourth-order valence-corrected chi connectivity index (χ4v) is 1.42. The van der Waals surface area contributed by atoms with Crippen molar-refractivity contribution in [3.63, 3.8) is 0 Å². The van der Waals surface area contributed by atoms with Crippen molar-refractivity contribution in [3.05, 3.63) is 0 Å². The molecule has 0 radical (unpaired) electrons. The fraction of sp³-hybridized carbons (Fsp3) is 1.00. The zero-order valence-corrected chi connectivity index (χ0v) is 7.27. The quantitative estimate of drug-likeness (QED) is 0.580. The first kappa shape index (κ1) is 8.06. The molecule has 0 aromatic heterocycles. The van der Waals surface area contributed by atoms with Crippen LogP contribution in [0.5, 0.6) is 0 Å². The van der Waals surface area contributed by atoms with Crippen LogP contribution in [0.2, 0.25) is 0 Å². The van der Waals surface area contributed by atoms with Crippen LogP contribution < -0.4 is 0 Å². The molecule has 1 aliphatic rings. The van der Waals surface area contributed by atoms with Crippen molar-refractivity contribution in [1.82, 2.24) is 4.90 Å². The number of unbranched alkanes of at least 4 members (excludes halogenated alkanes) is 1. The van der Waals surface area contributed by atoms with Crippen molar-refractivity contribution in [3.8, 4) is 0 Å². The molecule has 0 atom stereocenters. The molecular formula is C9H19N. The SMILES string of the molecule is CCCCN(C)C1CCC1. The fourth-order valence-electron chi connectivity index (χ4n) is 1.42. The van der Waals surface area contributed by atoms with Crippen LogP contribution in [0.1, 0.15) is 39.0 Å². The maximum Gasteiger partial charge on any atom is 0.00922 e. The Balaban J connectivity index is 2.02. The van der Waals surface area contributed by atoms with Gasteiger partial charge in [-0.3, -0.25) is 0 Å². The van der Waals surface area contributed by atoms with Crippen LogP contribution in [0.4, 0.5) is 0 Å². The van der Waals surface area contributed by atoms with Gasteiger partial charge in [0.2, 0.25) is 0 Å². The van der Waals surface area contributed by atoms with Gasteiger partial charge in [-0.1, -0.05) is 19.8 Å². The third kappa shape index (κ3) is 1.98. The molecule has 0 aromatic carbocycles. The van der Waals surface area contributed by atoms with E-state index in [0.29, 0.717) is 0 Å². The van der Waals surface area contributed by atoms with Gasteiger partial charge < -0.3 is 4.90 Å². The van der Waals surface area contributed by atoms with Gasteiger partial charge in [-0.25, -0.2) is 0 Å². The summed E-state index contributed by atoms with van der Waals surface area (Å²) in [5.41, 5.74) is 0. The molecule has 1 nitrogen and oxygen atoms in total. The summed E-state index contributed by atoms with van der Waals surface area (Å²) in [6.07, 6.45) is 7.05. The van der Waals surface area contributed by atoms with Crippen LogP contribution in [-0.2, 0) is 0 Å². The number of nitrogens with zero attached hydrogens (tertiary/aromatic N) is 1. The molecule has 0 unspecified atom stereocenters. The van der Waals surface area contributed by atoms with E-state index in [9.17, 15) is 0 Å². The highest BCUT2D eigenvalue weighted by Gasteiger charge is 2.20. The minimum absolute atomic E-state index is 0.937. The molecule has 1 aliphatic carbocycles. The number of hydrogen-bond acceptors (Lipinski definition) is 1. The molecule has 60 valence electrons. The van der Waals surface area contributed by atoms with E-state index in [2.05, 4.69) is 18.9 Å². The van der Waals surface area contributed by atoms with Gasteiger partial charge in [-0.05, 0) is 32.9 Å². The minimum atomic E-state index is 0.937. The van der Waals surface area contributed by atoms with Gasteiger partial charge in [0.15, 0.2) is 0 Å². The molecule has 0 saturated heterocycles. The van der Waals surface area contributed by atoms with Crippen LogP contribution in [0.3, 0.4) is 0 Å². The first-order chi connectivity index (χ1) is 4.84. The molecule has 0 bridgehead atoms. The second-order valence-electron chi connectivity index (χ2n) is 3.42. The lowest BCUT2D eigenvalue weighted by Crippen LogP contribution is -2.37. The average molecular weight is 141 g/mol. The summed E-state index contributed by atoms with van der Waals surface area (Å²) in [6, 6.07) is 0.937. The summed E-state index contributed by atoms with van der Waals surface area (Å²) in [5.74, 6) is 0. The summed E-state index contributed by atoms with van der Waals surface area (Å²) in [7, 11) is 2.26. The van der Waals surface area contributed by atoms with Gasteiger partial charge in [-0.15, -0.1) is 0 Å². The van der Waals surface area contributed by atoms with E-state index in [1.165, 1.54) is 38.6 Å². The summed E-state index contributed by atoms with van der Waals surface area (Å²) in [4.78, 5) is 2.52. The third-order valence-electron chi connectivity index (χ3n) is 2.56. The lowest BCUT2D eigenvalue weighted by Gasteiger charge is -2.34. The normalized spacial score (nSPS) is 19.5. The van der Waals surface area contributed by atoms with Crippen LogP contribution in [0, 0.1) is 0 Å². The highest BCUT2D eigenvalue weighted by Crippen LogP contribution is 2.23. The predicted molar refractivity (Wildman–Crippen MR) is 45.2 cm³/mol. The topological polar surface area (TPSA) is 3.24 Å². The zero-order valence-electron chi connectivity index (χ0n) is 7.27. The van der Waals surface area contributed by atoms with E-state index in [1.807, 2.05) is 0 Å². The summed E-state index contributed by atoms with van der Waals surface area (Å²) in [5, 5.41) is 0. The molecule has 0 N–H and O–H groups in total. The molecule has 1 saturated carbocycles. The first-order valence-electron chi connectivity index (χ1n) is 4.55. The summed E-state index contributed by atoms with van der Waals surface area (Å²) >= 11 is 0. The van der Waals surface area contributed by atoms with E-state index in [4.69, 9.17) is 0 Å². The van der Waals surface area contributed by atoms with Crippen LogP contribution >= 0.6 is 0 Å². The predicted octanol–water partition coefficient (Wildman–Crippen LogP) is 2.27. The molecule has 0 spiro atoms. The van der Waals surface area contributed by atoms with E-state index < -0.39 is 0 Å². The van der Waals surface area contributed by atoms with Crippen molar-refractivity contribution in [1.29, 1.82) is 0 Å². The lowest BCUT2D eigenvalue weighted by atomic mass is 9.92. The summed E-state index contributed by atoms with van der Waals surface area (Å²) < 4.78 is 0. The Morgan fingerprint density at radius 3 is 2.50 bits per heavy atom. The van der Waals surface area contributed by atoms with Gasteiger partial charge in [0, 0.05) is 6.04 Å². The largest absolute Gasteiger partial charge is 0.303 e. The maximum atomic E-state index is 2.52. The van der Waals surface area contributed by atoms with E-state index in [1.54, 1.807) is 0 Å². The van der Waals surface area contributed by atoms with E-state index >= 15 is 0 Å². The highest BCUT2D eigenvalue weighted by atomic mass is 15.1. The van der Waals surface area contributed by atoms with Gasteiger partial charge in [0.1, 0.15) is 0 Å². The molecule has 1 fully saturated rings. The van der Waals surface area contributed by atoms with E-state index in [0.717, 1.165) is 6.04 Å². The molecule has 0 aliphatic heterocycles. The Kier molecular flexibility index (Phi) is 3.20. The highest BCUT2D eigenvalue weighted by molar-refractivity contribution is 4.77. The molecule has 0 amide bonds. The second kappa shape index (κ2) is 3.97. The van der Waals surface area contributed by atoms with Crippen molar-refractivity contribution in [2.75, 3.05) is 13.6 Å². The maximum absolute atomic E-state index is 2.52. The zero-order chi connectivity index (χ0) is 7.40. The molecule has 1 heteroatoms. The van der Waals surface area contributed by atoms with Crippen molar-refractivity contribution in [2.45, 2.75) is 45.1 Å². The van der Waals surface area contributed by atoms with Gasteiger partial charge in [-0.2, -0.15) is 0 Å². The molecule has 1 rings (SSSR count). The van der Waals surface area contributed by atoms with Crippen molar-refractivity contribution >= 4 is 0 Å². The van der Waals surface area contributed by atoms with Gasteiger partial charge in [0.05, 0.1) is 0 Å². The molecule has 0 aromatic rings. The Morgan fingerprint density at radius 2 is 2.10 bits per heavy atom. The van der Waals surface area contributed by atoms with Crippen LogP contribution in [0.25, 0.3) is 0 Å². The Labute approximate surface area is 64.4 Å². The smallest absolute Gasteiger partial charge is 0.00922 e. The monoisotopic (exact) mass is 141 g/mol.